The van der Waals surface area contributed by atoms with E-state index >= 15 is 0 Å². The summed E-state index contributed by atoms with van der Waals surface area (Å²) < 4.78 is 5.24. The highest BCUT2D eigenvalue weighted by Crippen LogP contribution is 2.43. The molecule has 1 heterocycles. The standard InChI is InChI=1S/C14H6N4O/c15-7-13(8-16)11-5-3-1-2-4-6-12(11)14(9-17,10-18)19-13/h1-6H/b2-1-,3-1?,4-2?,5-3-,6-4-,11-5?,12-6?. The molecule has 1 aliphatic carbocycles. The van der Waals surface area contributed by atoms with Crippen LogP contribution in [0.2, 0.25) is 0 Å². The Labute approximate surface area is 109 Å². The van der Waals surface area contributed by atoms with Gasteiger partial charge in [0.15, 0.2) is 0 Å². The fraction of sp³-hybridized carbons (Fsp3) is 0.143. The first kappa shape index (κ1) is 12.3. The van der Waals surface area contributed by atoms with E-state index in [4.69, 9.17) is 4.74 Å². The average molecular weight is 246 g/mol. The molecule has 0 aromatic carbocycles. The minimum absolute atomic E-state index is 0.223. The second-order valence-corrected chi connectivity index (χ2v) is 3.84. The van der Waals surface area contributed by atoms with Crippen molar-refractivity contribution in [3.05, 3.63) is 47.6 Å². The van der Waals surface area contributed by atoms with Gasteiger partial charge < -0.3 is 4.74 Å². The first-order valence-electron chi connectivity index (χ1n) is 5.30. The normalized spacial score (nSPS) is 26.3. The molecule has 5 nitrogen and oxygen atoms in total. The van der Waals surface area contributed by atoms with Crippen molar-refractivity contribution in [2.24, 2.45) is 0 Å². The Kier molecular flexibility index (Phi) is 2.78. The third-order valence-corrected chi connectivity index (χ3v) is 2.84. The van der Waals surface area contributed by atoms with Gasteiger partial charge in [0.2, 0.25) is 0 Å². The summed E-state index contributed by atoms with van der Waals surface area (Å²) in [6.45, 7) is 0. The van der Waals surface area contributed by atoms with Crippen molar-refractivity contribution in [1.29, 1.82) is 21.0 Å². The molecule has 5 heteroatoms. The summed E-state index contributed by atoms with van der Waals surface area (Å²) in [5, 5.41) is 36.9. The zero-order valence-electron chi connectivity index (χ0n) is 9.66. The highest BCUT2D eigenvalue weighted by atomic mass is 16.5. The van der Waals surface area contributed by atoms with E-state index in [0.29, 0.717) is 0 Å². The SMILES string of the molecule is N#CC1(C#N)OC(C#N)(C#N)C2=C1\C=C/C=C\C=C/2. The summed E-state index contributed by atoms with van der Waals surface area (Å²) in [5.74, 6) is 0. The lowest BCUT2D eigenvalue weighted by Crippen LogP contribution is -2.35. The Morgan fingerprint density at radius 1 is 0.684 bits per heavy atom. The Bertz CT molecular complexity index is 623. The Morgan fingerprint density at radius 2 is 1.05 bits per heavy atom. The van der Waals surface area contributed by atoms with Gasteiger partial charge in [-0.25, -0.2) is 0 Å². The predicted octanol–water partition coefficient (Wildman–Crippen LogP) is 1.57. The zero-order valence-corrected chi connectivity index (χ0v) is 9.66. The molecule has 0 spiro atoms. The second kappa shape index (κ2) is 4.28. The average Bonchev–Trinajstić information content (AvgIpc) is 2.68. The summed E-state index contributed by atoms with van der Waals surface area (Å²) in [7, 11) is 0. The number of ether oxygens (including phenoxy) is 1. The molecular weight excluding hydrogens is 240 g/mol. The maximum atomic E-state index is 9.21. The molecule has 0 saturated carbocycles. The van der Waals surface area contributed by atoms with Crippen LogP contribution in [0.25, 0.3) is 0 Å². The lowest BCUT2D eigenvalue weighted by atomic mass is 9.88. The summed E-state index contributed by atoms with van der Waals surface area (Å²) in [6.07, 6.45) is 9.68. The summed E-state index contributed by atoms with van der Waals surface area (Å²) in [4.78, 5) is 0. The van der Waals surface area contributed by atoms with Crippen LogP contribution >= 0.6 is 0 Å². The van der Waals surface area contributed by atoms with Crippen molar-refractivity contribution < 1.29 is 4.74 Å². The third-order valence-electron chi connectivity index (χ3n) is 2.84. The van der Waals surface area contributed by atoms with E-state index in [9.17, 15) is 21.0 Å². The van der Waals surface area contributed by atoms with Crippen LogP contribution in [0.3, 0.4) is 0 Å². The van der Waals surface area contributed by atoms with E-state index in [1.165, 1.54) is 12.2 Å². The smallest absolute Gasteiger partial charge is 0.270 e. The van der Waals surface area contributed by atoms with Gasteiger partial charge in [0.05, 0.1) is 0 Å². The maximum Gasteiger partial charge on any atom is 0.270 e. The zero-order chi connectivity index (χ0) is 13.9. The molecule has 1 aliphatic heterocycles. The summed E-state index contributed by atoms with van der Waals surface area (Å²) in [6, 6.07) is 6.98. The predicted molar refractivity (Wildman–Crippen MR) is 63.4 cm³/mol. The molecule has 0 fully saturated rings. The Balaban J connectivity index is 2.80. The Morgan fingerprint density at radius 3 is 1.37 bits per heavy atom. The van der Waals surface area contributed by atoms with E-state index in [1.807, 2.05) is 0 Å². The van der Waals surface area contributed by atoms with E-state index in [0.717, 1.165) is 0 Å². The number of hydrogen-bond acceptors (Lipinski definition) is 5. The van der Waals surface area contributed by atoms with Crippen LogP contribution in [0.15, 0.2) is 47.6 Å². The highest BCUT2D eigenvalue weighted by Gasteiger charge is 2.56. The van der Waals surface area contributed by atoms with Gasteiger partial charge in [0, 0.05) is 11.1 Å². The quantitative estimate of drug-likeness (QED) is 0.645. The van der Waals surface area contributed by atoms with Crippen LogP contribution in [0.4, 0.5) is 0 Å². The van der Waals surface area contributed by atoms with Crippen LogP contribution in [-0.4, -0.2) is 11.2 Å². The molecule has 0 saturated heterocycles. The second-order valence-electron chi connectivity index (χ2n) is 3.84. The molecular formula is C14H6N4O. The number of hydrogen-bond donors (Lipinski definition) is 0. The topological polar surface area (TPSA) is 104 Å². The summed E-state index contributed by atoms with van der Waals surface area (Å²) in [5.41, 5.74) is -3.43. The van der Waals surface area contributed by atoms with Crippen molar-refractivity contribution in [2.45, 2.75) is 11.2 Å². The van der Waals surface area contributed by atoms with E-state index in [2.05, 4.69) is 0 Å². The van der Waals surface area contributed by atoms with Crippen molar-refractivity contribution in [3.63, 3.8) is 0 Å². The Hall–Kier alpha value is -3.12. The van der Waals surface area contributed by atoms with E-state index < -0.39 is 11.2 Å². The number of nitriles is 4. The first-order valence-corrected chi connectivity index (χ1v) is 5.30. The number of nitrogens with zero attached hydrogens (tertiary/aromatic N) is 4. The van der Waals surface area contributed by atoms with Crippen LogP contribution in [0, 0.1) is 45.3 Å². The lowest BCUT2D eigenvalue weighted by molar-refractivity contribution is 0.0316. The van der Waals surface area contributed by atoms with Crippen LogP contribution in [0.1, 0.15) is 0 Å². The van der Waals surface area contributed by atoms with Gasteiger partial charge in [0.25, 0.3) is 11.2 Å². The first-order chi connectivity index (χ1) is 9.18. The van der Waals surface area contributed by atoms with Crippen LogP contribution in [0.5, 0.6) is 0 Å². The van der Waals surface area contributed by atoms with Crippen molar-refractivity contribution >= 4 is 0 Å². The lowest BCUT2D eigenvalue weighted by Gasteiger charge is -2.17. The van der Waals surface area contributed by atoms with Gasteiger partial charge >= 0.3 is 0 Å². The molecule has 88 valence electrons. The molecule has 2 aliphatic rings. The van der Waals surface area contributed by atoms with Crippen molar-refractivity contribution in [2.75, 3.05) is 0 Å². The molecule has 0 amide bonds. The number of rotatable bonds is 0. The molecule has 0 unspecified atom stereocenters. The largest absolute Gasteiger partial charge is 0.305 e. The molecule has 0 N–H and O–H groups in total. The molecule has 0 bridgehead atoms. The monoisotopic (exact) mass is 246 g/mol. The summed E-state index contributed by atoms with van der Waals surface area (Å²) >= 11 is 0. The van der Waals surface area contributed by atoms with E-state index in [1.54, 1.807) is 48.6 Å². The van der Waals surface area contributed by atoms with Gasteiger partial charge in [-0.3, -0.25) is 0 Å². The molecule has 0 atom stereocenters. The minimum atomic E-state index is -1.94. The molecule has 0 aromatic rings. The molecule has 0 radical (unpaired) electrons. The fourth-order valence-corrected chi connectivity index (χ4v) is 1.95. The number of allylic oxidation sites excluding steroid dienone is 4. The van der Waals surface area contributed by atoms with Crippen molar-refractivity contribution in [3.8, 4) is 24.3 Å². The molecule has 2 rings (SSSR count). The van der Waals surface area contributed by atoms with Crippen molar-refractivity contribution in [1.82, 2.24) is 0 Å². The minimum Gasteiger partial charge on any atom is -0.305 e. The third kappa shape index (κ3) is 1.55. The highest BCUT2D eigenvalue weighted by molar-refractivity contribution is 5.62. The van der Waals surface area contributed by atoms with Gasteiger partial charge in [-0.1, -0.05) is 36.5 Å². The van der Waals surface area contributed by atoms with Crippen LogP contribution < -0.4 is 0 Å². The van der Waals surface area contributed by atoms with Gasteiger partial charge in [-0.05, 0) is 0 Å². The van der Waals surface area contributed by atoms with Gasteiger partial charge in [0.1, 0.15) is 24.3 Å². The maximum absolute atomic E-state index is 9.21. The molecule has 19 heavy (non-hydrogen) atoms. The fourth-order valence-electron chi connectivity index (χ4n) is 1.95. The van der Waals surface area contributed by atoms with Crippen LogP contribution in [-0.2, 0) is 4.74 Å². The van der Waals surface area contributed by atoms with E-state index in [-0.39, 0.29) is 11.1 Å². The van der Waals surface area contributed by atoms with Gasteiger partial charge in [-0.2, -0.15) is 21.0 Å². The van der Waals surface area contributed by atoms with Gasteiger partial charge in [-0.15, -0.1) is 0 Å². The molecule has 0 aromatic heterocycles.